The van der Waals surface area contributed by atoms with Crippen molar-refractivity contribution in [3.05, 3.63) is 34.0 Å². The SMILES string of the molecule is Cc1cc2cnn(CC(F)F)c2cc1[N+](=O)[O-]. The second-order valence-corrected chi connectivity index (χ2v) is 3.67. The lowest BCUT2D eigenvalue weighted by Gasteiger charge is -2.03. The van der Waals surface area contributed by atoms with Gasteiger partial charge in [-0.2, -0.15) is 5.10 Å². The lowest BCUT2D eigenvalue weighted by molar-refractivity contribution is -0.385. The molecule has 0 N–H and O–H groups in total. The van der Waals surface area contributed by atoms with E-state index in [-0.39, 0.29) is 5.69 Å². The van der Waals surface area contributed by atoms with Crippen molar-refractivity contribution in [3.8, 4) is 0 Å². The molecule has 2 rings (SSSR count). The number of rotatable bonds is 3. The number of hydrogen-bond acceptors (Lipinski definition) is 3. The second kappa shape index (κ2) is 4.08. The topological polar surface area (TPSA) is 61.0 Å². The van der Waals surface area contributed by atoms with E-state index >= 15 is 0 Å². The summed E-state index contributed by atoms with van der Waals surface area (Å²) in [6.07, 6.45) is -1.12. The summed E-state index contributed by atoms with van der Waals surface area (Å²) in [5.74, 6) is 0. The molecule has 0 aliphatic heterocycles. The summed E-state index contributed by atoms with van der Waals surface area (Å²) >= 11 is 0. The van der Waals surface area contributed by atoms with Crippen LogP contribution in [-0.2, 0) is 6.54 Å². The largest absolute Gasteiger partial charge is 0.274 e. The highest BCUT2D eigenvalue weighted by atomic mass is 19.3. The maximum atomic E-state index is 12.3. The molecule has 0 aliphatic carbocycles. The normalized spacial score (nSPS) is 11.3. The molecule has 0 amide bonds. The molecule has 0 atom stereocenters. The van der Waals surface area contributed by atoms with E-state index in [0.29, 0.717) is 16.5 Å². The van der Waals surface area contributed by atoms with Gasteiger partial charge in [-0.3, -0.25) is 14.8 Å². The van der Waals surface area contributed by atoms with Crippen LogP contribution in [0.25, 0.3) is 10.9 Å². The molecular weight excluding hydrogens is 232 g/mol. The van der Waals surface area contributed by atoms with Crippen molar-refractivity contribution in [1.82, 2.24) is 9.78 Å². The second-order valence-electron chi connectivity index (χ2n) is 3.67. The Morgan fingerprint density at radius 1 is 1.53 bits per heavy atom. The zero-order valence-corrected chi connectivity index (χ0v) is 8.93. The first-order valence-corrected chi connectivity index (χ1v) is 4.87. The Kier molecular flexibility index (Phi) is 2.74. The summed E-state index contributed by atoms with van der Waals surface area (Å²) in [7, 11) is 0. The fraction of sp³-hybridized carbons (Fsp3) is 0.300. The molecule has 7 heteroatoms. The van der Waals surface area contributed by atoms with Gasteiger partial charge < -0.3 is 0 Å². The van der Waals surface area contributed by atoms with Gasteiger partial charge in [0, 0.05) is 17.0 Å². The molecule has 0 saturated carbocycles. The molecule has 5 nitrogen and oxygen atoms in total. The molecule has 2 aromatic rings. The van der Waals surface area contributed by atoms with Crippen LogP contribution in [-0.4, -0.2) is 21.1 Å². The summed E-state index contributed by atoms with van der Waals surface area (Å²) < 4.78 is 25.6. The smallest absolute Gasteiger partial charge is 0.259 e. The standard InChI is InChI=1S/C10H9F2N3O2/c1-6-2-7-4-13-14(5-10(11)12)9(7)3-8(6)15(16)17/h2-4,10H,5H2,1H3. The van der Waals surface area contributed by atoms with E-state index in [0.717, 1.165) is 4.68 Å². The molecule has 1 aromatic heterocycles. The molecular formula is C10H9F2N3O2. The van der Waals surface area contributed by atoms with E-state index in [2.05, 4.69) is 5.10 Å². The average molecular weight is 241 g/mol. The van der Waals surface area contributed by atoms with Gasteiger partial charge in [0.15, 0.2) is 0 Å². The third-order valence-corrected chi connectivity index (χ3v) is 2.47. The van der Waals surface area contributed by atoms with Crippen molar-refractivity contribution in [2.75, 3.05) is 0 Å². The van der Waals surface area contributed by atoms with Crippen LogP contribution in [0.4, 0.5) is 14.5 Å². The van der Waals surface area contributed by atoms with Gasteiger partial charge in [-0.15, -0.1) is 0 Å². The number of nitro benzene ring substituents is 1. The predicted octanol–water partition coefficient (Wildman–Crippen LogP) is 2.52. The maximum absolute atomic E-state index is 12.3. The molecule has 0 fully saturated rings. The van der Waals surface area contributed by atoms with E-state index in [1.54, 1.807) is 13.0 Å². The molecule has 0 radical (unpaired) electrons. The van der Waals surface area contributed by atoms with Gasteiger partial charge in [-0.1, -0.05) is 0 Å². The van der Waals surface area contributed by atoms with E-state index in [4.69, 9.17) is 0 Å². The molecule has 90 valence electrons. The first-order valence-electron chi connectivity index (χ1n) is 4.87. The van der Waals surface area contributed by atoms with Crippen molar-refractivity contribution in [1.29, 1.82) is 0 Å². The van der Waals surface area contributed by atoms with Gasteiger partial charge in [-0.05, 0) is 13.0 Å². The Bertz CT molecular complexity index is 580. The summed E-state index contributed by atoms with van der Waals surface area (Å²) in [5, 5.41) is 15.2. The number of aromatic nitrogens is 2. The Labute approximate surface area is 94.8 Å². The third kappa shape index (κ3) is 2.08. The van der Waals surface area contributed by atoms with E-state index in [1.807, 2.05) is 0 Å². The molecule has 0 aliphatic rings. The molecule has 0 unspecified atom stereocenters. The zero-order chi connectivity index (χ0) is 12.6. The van der Waals surface area contributed by atoms with Crippen LogP contribution in [0.2, 0.25) is 0 Å². The Morgan fingerprint density at radius 3 is 2.82 bits per heavy atom. The van der Waals surface area contributed by atoms with Gasteiger partial charge in [0.2, 0.25) is 0 Å². The lowest BCUT2D eigenvalue weighted by Crippen LogP contribution is -2.07. The first kappa shape index (κ1) is 11.4. The summed E-state index contributed by atoms with van der Waals surface area (Å²) in [4.78, 5) is 10.2. The number of nitrogens with zero attached hydrogens (tertiary/aromatic N) is 3. The maximum Gasteiger partial charge on any atom is 0.274 e. The van der Waals surface area contributed by atoms with Crippen molar-refractivity contribution in [2.45, 2.75) is 19.9 Å². The van der Waals surface area contributed by atoms with Gasteiger partial charge in [-0.25, -0.2) is 8.78 Å². The van der Waals surface area contributed by atoms with Crippen LogP contribution in [0.3, 0.4) is 0 Å². The highest BCUT2D eigenvalue weighted by Crippen LogP contribution is 2.25. The highest BCUT2D eigenvalue weighted by molar-refractivity contribution is 5.82. The monoisotopic (exact) mass is 241 g/mol. The van der Waals surface area contributed by atoms with Crippen LogP contribution in [0.15, 0.2) is 18.3 Å². The van der Waals surface area contributed by atoms with Gasteiger partial charge >= 0.3 is 0 Å². The van der Waals surface area contributed by atoms with Crippen molar-refractivity contribution in [3.63, 3.8) is 0 Å². The van der Waals surface area contributed by atoms with Crippen LogP contribution in [0, 0.1) is 17.0 Å². The number of benzene rings is 1. The number of alkyl halides is 2. The fourth-order valence-corrected chi connectivity index (χ4v) is 1.70. The van der Waals surface area contributed by atoms with Crippen molar-refractivity contribution < 1.29 is 13.7 Å². The van der Waals surface area contributed by atoms with Crippen LogP contribution >= 0.6 is 0 Å². The minimum atomic E-state index is -2.54. The van der Waals surface area contributed by atoms with E-state index in [1.165, 1.54) is 12.3 Å². The minimum absolute atomic E-state index is 0.0893. The average Bonchev–Trinajstić information content (AvgIpc) is 2.58. The van der Waals surface area contributed by atoms with Crippen LogP contribution in [0.1, 0.15) is 5.56 Å². The quantitative estimate of drug-likeness (QED) is 0.612. The summed E-state index contributed by atoms with van der Waals surface area (Å²) in [6.45, 7) is 1.03. The molecule has 0 bridgehead atoms. The molecule has 17 heavy (non-hydrogen) atoms. The number of hydrogen-bond donors (Lipinski definition) is 0. The predicted molar refractivity (Wildman–Crippen MR) is 57.1 cm³/mol. The number of nitro groups is 1. The summed E-state index contributed by atoms with van der Waals surface area (Å²) in [6, 6.07) is 2.85. The van der Waals surface area contributed by atoms with Crippen LogP contribution in [0.5, 0.6) is 0 Å². The molecule has 1 heterocycles. The van der Waals surface area contributed by atoms with Crippen molar-refractivity contribution >= 4 is 16.6 Å². The number of fused-ring (bicyclic) bond motifs is 1. The number of halogens is 2. The van der Waals surface area contributed by atoms with Crippen molar-refractivity contribution in [2.24, 2.45) is 0 Å². The summed E-state index contributed by atoms with van der Waals surface area (Å²) in [5.41, 5.74) is 0.746. The van der Waals surface area contributed by atoms with E-state index in [9.17, 15) is 18.9 Å². The molecule has 1 aromatic carbocycles. The Hall–Kier alpha value is -2.05. The van der Waals surface area contributed by atoms with Crippen LogP contribution < -0.4 is 0 Å². The molecule has 0 saturated heterocycles. The van der Waals surface area contributed by atoms with E-state index < -0.39 is 17.9 Å². The first-order chi connectivity index (χ1) is 7.99. The van der Waals surface area contributed by atoms with Gasteiger partial charge in [0.25, 0.3) is 12.1 Å². The zero-order valence-electron chi connectivity index (χ0n) is 8.93. The third-order valence-electron chi connectivity index (χ3n) is 2.47. The van der Waals surface area contributed by atoms with Gasteiger partial charge in [0.05, 0.1) is 16.6 Å². The fourth-order valence-electron chi connectivity index (χ4n) is 1.70. The Balaban J connectivity index is 2.59. The highest BCUT2D eigenvalue weighted by Gasteiger charge is 2.15. The molecule has 0 spiro atoms. The lowest BCUT2D eigenvalue weighted by atomic mass is 10.1. The number of aryl methyl sites for hydroxylation is 1. The van der Waals surface area contributed by atoms with Gasteiger partial charge in [0.1, 0.15) is 6.54 Å². The Morgan fingerprint density at radius 2 is 2.24 bits per heavy atom. The minimum Gasteiger partial charge on any atom is -0.259 e.